The minimum atomic E-state index is -0.948. The maximum atomic E-state index is 13.4. The number of rotatable bonds is 12. The minimum Gasteiger partial charge on any atom is -0.490 e. The summed E-state index contributed by atoms with van der Waals surface area (Å²) < 4.78 is 28.0. The number of ether oxygens (including phenoxy) is 5. The van der Waals surface area contributed by atoms with Crippen LogP contribution >= 0.6 is 0 Å². The number of hydrogen-bond donors (Lipinski definition) is 0. The monoisotopic (exact) mass is 594 g/mol. The van der Waals surface area contributed by atoms with E-state index in [-0.39, 0.29) is 36.9 Å². The predicted octanol–water partition coefficient (Wildman–Crippen LogP) is 5.31. The number of hydrogen-bond acceptors (Lipinski definition) is 10. The molecule has 1 saturated heterocycles. The summed E-state index contributed by atoms with van der Waals surface area (Å²) in [5, 5.41) is 11.4. The number of nitro benzene ring substituents is 1. The van der Waals surface area contributed by atoms with Crippen molar-refractivity contribution >= 4 is 23.3 Å². The molecule has 43 heavy (non-hydrogen) atoms. The van der Waals surface area contributed by atoms with Gasteiger partial charge in [-0.25, -0.2) is 4.79 Å². The number of carbonyl (C=O) groups excluding carboxylic acids is 2. The molecule has 3 unspecified atom stereocenters. The zero-order chi connectivity index (χ0) is 30.9. The van der Waals surface area contributed by atoms with Crippen LogP contribution in [0.4, 0.5) is 5.69 Å². The highest BCUT2D eigenvalue weighted by molar-refractivity contribution is 6.07. The highest BCUT2D eigenvalue weighted by Crippen LogP contribution is 2.41. The first kappa shape index (κ1) is 31.8. The van der Waals surface area contributed by atoms with Crippen LogP contribution in [0, 0.1) is 16.0 Å². The first-order valence-corrected chi connectivity index (χ1v) is 14.4. The number of non-ortho nitro benzene ring substituents is 1. The average molecular weight is 595 g/mol. The van der Waals surface area contributed by atoms with Crippen LogP contribution in [0.3, 0.4) is 0 Å². The van der Waals surface area contributed by atoms with Gasteiger partial charge in [0, 0.05) is 36.1 Å². The van der Waals surface area contributed by atoms with Gasteiger partial charge in [-0.3, -0.25) is 19.9 Å². The van der Waals surface area contributed by atoms with Gasteiger partial charge < -0.3 is 23.7 Å². The molecule has 0 amide bonds. The molecular weight excluding hydrogens is 556 g/mol. The molecule has 2 aromatic carbocycles. The number of allylic oxidation sites excluding steroid dienone is 1. The van der Waals surface area contributed by atoms with Crippen LogP contribution in [0.5, 0.6) is 5.75 Å². The Balaban J connectivity index is 1.37. The number of aliphatic imine (C=N–C) groups is 1. The van der Waals surface area contributed by atoms with Crippen molar-refractivity contribution in [2.75, 3.05) is 26.9 Å². The first-order chi connectivity index (χ1) is 20.7. The molecule has 0 aliphatic carbocycles. The second-order valence-electron chi connectivity index (χ2n) is 10.7. The normalized spacial score (nSPS) is 21.0. The van der Waals surface area contributed by atoms with E-state index in [1.165, 1.54) is 25.3 Å². The van der Waals surface area contributed by atoms with Gasteiger partial charge in [0.25, 0.3) is 5.69 Å². The van der Waals surface area contributed by atoms with Crippen LogP contribution in [0.25, 0.3) is 0 Å². The summed E-state index contributed by atoms with van der Waals surface area (Å²) in [6, 6.07) is 13.5. The molecule has 1 fully saturated rings. The Morgan fingerprint density at radius 1 is 1.12 bits per heavy atom. The van der Waals surface area contributed by atoms with Crippen LogP contribution in [0.2, 0.25) is 0 Å². The van der Waals surface area contributed by atoms with Crippen LogP contribution in [-0.2, 0) is 35.0 Å². The van der Waals surface area contributed by atoms with Crippen molar-refractivity contribution in [3.8, 4) is 5.75 Å². The van der Waals surface area contributed by atoms with E-state index in [1.54, 1.807) is 19.9 Å². The van der Waals surface area contributed by atoms with Crippen molar-refractivity contribution in [3.05, 3.63) is 81.0 Å². The van der Waals surface area contributed by atoms with Gasteiger partial charge in [-0.2, -0.15) is 0 Å². The molecule has 11 nitrogen and oxygen atoms in total. The topological polar surface area (TPSA) is 136 Å². The van der Waals surface area contributed by atoms with Gasteiger partial charge in [0.2, 0.25) is 0 Å². The van der Waals surface area contributed by atoms with E-state index in [9.17, 15) is 19.7 Å². The molecule has 0 spiro atoms. The summed E-state index contributed by atoms with van der Waals surface area (Å²) >= 11 is 0. The molecule has 2 aromatic rings. The number of benzene rings is 2. The lowest BCUT2D eigenvalue weighted by Crippen LogP contribution is -2.36. The van der Waals surface area contributed by atoms with Gasteiger partial charge >= 0.3 is 11.9 Å². The standard InChI is InChI=1S/C32H38N2O9/c1-20(43-27-10-5-6-15-41-27)18-23-11-13-26(14-12-23)40-16-17-42-32(36)29-22(3)33-21(2)28(31(35)39-4)30(29)24-8-7-9-25(19-24)34(37)38/h7-9,11-14,19-20,27-28,30H,5-6,10,15-18H2,1-4H3/t20?,27-,28?,30?/m0/s1. The summed E-state index contributed by atoms with van der Waals surface area (Å²) in [6.07, 6.45) is 3.75. The molecule has 4 atom stereocenters. The summed E-state index contributed by atoms with van der Waals surface area (Å²) in [6.45, 7) is 6.12. The number of nitrogens with zero attached hydrogens (tertiary/aromatic N) is 2. The predicted molar refractivity (Wildman–Crippen MR) is 158 cm³/mol. The third-order valence-corrected chi connectivity index (χ3v) is 7.50. The van der Waals surface area contributed by atoms with Crippen LogP contribution < -0.4 is 4.74 Å². The second kappa shape index (κ2) is 14.9. The number of esters is 2. The zero-order valence-corrected chi connectivity index (χ0v) is 24.9. The van der Waals surface area contributed by atoms with Crippen LogP contribution in [0.15, 0.2) is 64.8 Å². The summed E-state index contributed by atoms with van der Waals surface area (Å²) in [7, 11) is 1.24. The molecule has 0 aromatic heterocycles. The third kappa shape index (κ3) is 8.26. The quantitative estimate of drug-likeness (QED) is 0.139. The summed E-state index contributed by atoms with van der Waals surface area (Å²) in [5.74, 6) is -2.49. The molecule has 4 rings (SSSR count). The molecule has 2 heterocycles. The Kier molecular flexibility index (Phi) is 11.0. The first-order valence-electron chi connectivity index (χ1n) is 14.4. The molecule has 0 N–H and O–H groups in total. The summed E-state index contributed by atoms with van der Waals surface area (Å²) in [5.41, 5.74) is 2.29. The SMILES string of the molecule is COC(=O)C1C(C)=NC(C)=C(C(=O)OCCOc2ccc(CC(C)O[C@H]3CCCCO3)cc2)C1c1cccc([N+](=O)[O-])c1. The van der Waals surface area contributed by atoms with E-state index < -0.39 is 28.7 Å². The second-order valence-corrected chi connectivity index (χ2v) is 10.7. The van der Waals surface area contributed by atoms with E-state index >= 15 is 0 Å². The molecule has 230 valence electrons. The number of carbonyl (C=O) groups is 2. The molecule has 0 radical (unpaired) electrons. The van der Waals surface area contributed by atoms with Gasteiger partial charge in [-0.05, 0) is 69.7 Å². The fourth-order valence-corrected chi connectivity index (χ4v) is 5.48. The minimum absolute atomic E-state index is 0.0181. The van der Waals surface area contributed by atoms with E-state index in [1.807, 2.05) is 31.2 Å². The molecule has 11 heteroatoms. The molecule has 0 saturated carbocycles. The molecule has 2 aliphatic heterocycles. The van der Waals surface area contributed by atoms with Gasteiger partial charge in [-0.15, -0.1) is 0 Å². The smallest absolute Gasteiger partial charge is 0.336 e. The molecular formula is C32H38N2O9. The third-order valence-electron chi connectivity index (χ3n) is 7.50. The van der Waals surface area contributed by atoms with Crippen molar-refractivity contribution in [2.24, 2.45) is 10.9 Å². The molecule has 0 bridgehead atoms. The maximum absolute atomic E-state index is 13.4. The van der Waals surface area contributed by atoms with Crippen molar-refractivity contribution in [1.29, 1.82) is 0 Å². The largest absolute Gasteiger partial charge is 0.490 e. The Labute approximate surface area is 251 Å². The van der Waals surface area contributed by atoms with Crippen LogP contribution in [0.1, 0.15) is 57.1 Å². The Morgan fingerprint density at radius 2 is 1.88 bits per heavy atom. The zero-order valence-electron chi connectivity index (χ0n) is 24.9. The molecule has 2 aliphatic rings. The van der Waals surface area contributed by atoms with Gasteiger partial charge in [0.1, 0.15) is 24.9 Å². The average Bonchev–Trinajstić information content (AvgIpc) is 2.99. The van der Waals surface area contributed by atoms with Gasteiger partial charge in [-0.1, -0.05) is 24.3 Å². The van der Waals surface area contributed by atoms with Crippen molar-refractivity contribution in [2.45, 2.75) is 64.8 Å². The highest BCUT2D eigenvalue weighted by atomic mass is 16.7. The van der Waals surface area contributed by atoms with E-state index in [4.69, 9.17) is 23.7 Å². The summed E-state index contributed by atoms with van der Waals surface area (Å²) in [4.78, 5) is 41.5. The fourth-order valence-electron chi connectivity index (χ4n) is 5.48. The fraction of sp³-hybridized carbons (Fsp3) is 0.469. The Morgan fingerprint density at radius 3 is 2.56 bits per heavy atom. The van der Waals surface area contributed by atoms with E-state index in [0.29, 0.717) is 22.7 Å². The van der Waals surface area contributed by atoms with Crippen molar-refractivity contribution in [3.63, 3.8) is 0 Å². The van der Waals surface area contributed by atoms with Crippen molar-refractivity contribution in [1.82, 2.24) is 0 Å². The number of nitro groups is 1. The maximum Gasteiger partial charge on any atom is 0.336 e. The lowest BCUT2D eigenvalue weighted by molar-refractivity contribution is -0.384. The van der Waals surface area contributed by atoms with Gasteiger partial charge in [0.15, 0.2) is 6.29 Å². The highest BCUT2D eigenvalue weighted by Gasteiger charge is 2.42. The number of methoxy groups -OCH3 is 1. The van der Waals surface area contributed by atoms with E-state index in [2.05, 4.69) is 4.99 Å². The lowest BCUT2D eigenvalue weighted by Gasteiger charge is -2.31. The van der Waals surface area contributed by atoms with E-state index in [0.717, 1.165) is 37.9 Å². The van der Waals surface area contributed by atoms with Gasteiger partial charge in [0.05, 0.1) is 23.7 Å². The Hall–Kier alpha value is -4.09. The Bertz CT molecular complexity index is 1360. The van der Waals surface area contributed by atoms with Crippen LogP contribution in [-0.4, -0.2) is 61.9 Å². The lowest BCUT2D eigenvalue weighted by atomic mass is 9.75. The van der Waals surface area contributed by atoms with Crippen molar-refractivity contribution < 1.29 is 38.2 Å².